The zero-order valence-corrected chi connectivity index (χ0v) is 13.8. The van der Waals surface area contributed by atoms with E-state index >= 15 is 0 Å². The van der Waals surface area contributed by atoms with Gasteiger partial charge in [0.15, 0.2) is 0 Å². The monoisotopic (exact) mass is 338 g/mol. The molecule has 1 amide bonds. The molecule has 3 rings (SSSR count). The van der Waals surface area contributed by atoms with Crippen LogP contribution in [-0.4, -0.2) is 27.7 Å². The standard InChI is InChI=1S/C18H18N4O3/c1-2-3-11-24-15-6-4-5-14(12-15)16(23)20-18-22-21-17(25-18)13-7-9-19-10-8-13/h4-10,12H,2-3,11H2,1H3,(H,20,22,23). The van der Waals surface area contributed by atoms with Crippen molar-refractivity contribution in [2.75, 3.05) is 11.9 Å². The lowest BCUT2D eigenvalue weighted by molar-refractivity contribution is 0.102. The average Bonchev–Trinajstić information content (AvgIpc) is 3.11. The van der Waals surface area contributed by atoms with Crippen LogP contribution < -0.4 is 10.1 Å². The summed E-state index contributed by atoms with van der Waals surface area (Å²) in [7, 11) is 0. The summed E-state index contributed by atoms with van der Waals surface area (Å²) in [6.45, 7) is 2.72. The first kappa shape index (κ1) is 16.6. The molecule has 25 heavy (non-hydrogen) atoms. The second kappa shape index (κ2) is 8.05. The predicted octanol–water partition coefficient (Wildman–Crippen LogP) is 3.56. The van der Waals surface area contributed by atoms with Crippen LogP contribution in [0.1, 0.15) is 30.1 Å². The molecule has 0 aliphatic rings. The number of pyridine rings is 1. The number of unbranched alkanes of at least 4 members (excludes halogenated alkanes) is 1. The van der Waals surface area contributed by atoms with Gasteiger partial charge in [0, 0.05) is 23.5 Å². The first-order valence-corrected chi connectivity index (χ1v) is 8.04. The predicted molar refractivity (Wildman–Crippen MR) is 92.3 cm³/mol. The van der Waals surface area contributed by atoms with Gasteiger partial charge in [0.05, 0.1) is 6.61 Å². The van der Waals surface area contributed by atoms with Crippen LogP contribution in [0, 0.1) is 0 Å². The molecule has 3 aromatic rings. The van der Waals surface area contributed by atoms with Gasteiger partial charge in [-0.3, -0.25) is 15.1 Å². The van der Waals surface area contributed by atoms with E-state index < -0.39 is 0 Å². The SMILES string of the molecule is CCCCOc1cccc(C(=O)Nc2nnc(-c3ccncc3)o2)c1. The number of carbonyl (C=O) groups excluding carboxylic acids is 1. The summed E-state index contributed by atoms with van der Waals surface area (Å²) in [5.41, 5.74) is 1.19. The smallest absolute Gasteiger partial charge is 0.322 e. The summed E-state index contributed by atoms with van der Waals surface area (Å²) in [6, 6.07) is 10.5. The number of amides is 1. The summed E-state index contributed by atoms with van der Waals surface area (Å²) < 4.78 is 11.1. The molecule has 0 aliphatic heterocycles. The Bertz CT molecular complexity index is 833. The highest BCUT2D eigenvalue weighted by atomic mass is 16.5. The van der Waals surface area contributed by atoms with Gasteiger partial charge < -0.3 is 9.15 Å². The van der Waals surface area contributed by atoms with E-state index in [0.717, 1.165) is 18.4 Å². The number of nitrogens with one attached hydrogen (secondary N) is 1. The molecule has 0 atom stereocenters. The van der Waals surface area contributed by atoms with Crippen LogP contribution in [0.5, 0.6) is 5.75 Å². The van der Waals surface area contributed by atoms with Gasteiger partial charge in [-0.05, 0) is 36.8 Å². The molecule has 0 radical (unpaired) electrons. The van der Waals surface area contributed by atoms with Crippen molar-refractivity contribution in [2.24, 2.45) is 0 Å². The lowest BCUT2D eigenvalue weighted by atomic mass is 10.2. The normalized spacial score (nSPS) is 10.4. The highest BCUT2D eigenvalue weighted by Crippen LogP contribution is 2.20. The Balaban J connectivity index is 1.66. The number of hydrogen-bond donors (Lipinski definition) is 1. The number of ether oxygens (including phenoxy) is 1. The molecular weight excluding hydrogens is 320 g/mol. The average molecular weight is 338 g/mol. The third kappa shape index (κ3) is 4.41. The maximum absolute atomic E-state index is 12.3. The molecule has 0 saturated carbocycles. The number of nitrogens with zero attached hydrogens (tertiary/aromatic N) is 3. The van der Waals surface area contributed by atoms with Crippen LogP contribution in [0.15, 0.2) is 53.2 Å². The van der Waals surface area contributed by atoms with E-state index in [1.165, 1.54) is 0 Å². The van der Waals surface area contributed by atoms with Crippen LogP contribution in [0.2, 0.25) is 0 Å². The van der Waals surface area contributed by atoms with Crippen LogP contribution in [0.4, 0.5) is 6.01 Å². The molecule has 0 unspecified atom stereocenters. The van der Waals surface area contributed by atoms with E-state index in [4.69, 9.17) is 9.15 Å². The van der Waals surface area contributed by atoms with Crippen molar-refractivity contribution in [3.05, 3.63) is 54.4 Å². The molecule has 0 saturated heterocycles. The quantitative estimate of drug-likeness (QED) is 0.662. The molecule has 0 aliphatic carbocycles. The van der Waals surface area contributed by atoms with Gasteiger partial charge in [-0.2, -0.15) is 0 Å². The summed E-state index contributed by atoms with van der Waals surface area (Å²) >= 11 is 0. The molecule has 0 bridgehead atoms. The minimum atomic E-state index is -0.342. The second-order valence-corrected chi connectivity index (χ2v) is 5.33. The van der Waals surface area contributed by atoms with E-state index in [1.807, 2.05) is 6.07 Å². The van der Waals surface area contributed by atoms with Gasteiger partial charge in [-0.15, -0.1) is 5.10 Å². The first-order valence-electron chi connectivity index (χ1n) is 8.04. The van der Waals surface area contributed by atoms with Gasteiger partial charge >= 0.3 is 6.01 Å². The molecule has 2 aromatic heterocycles. The number of benzene rings is 1. The number of rotatable bonds is 7. The summed E-state index contributed by atoms with van der Waals surface area (Å²) in [4.78, 5) is 16.3. The Morgan fingerprint density at radius 1 is 1.20 bits per heavy atom. The van der Waals surface area contributed by atoms with Crippen molar-refractivity contribution in [3.63, 3.8) is 0 Å². The molecule has 128 valence electrons. The molecule has 0 fully saturated rings. The van der Waals surface area contributed by atoms with Gasteiger partial charge in [0.25, 0.3) is 5.91 Å². The highest BCUT2D eigenvalue weighted by Gasteiger charge is 2.13. The van der Waals surface area contributed by atoms with Gasteiger partial charge in [-0.25, -0.2) is 0 Å². The molecule has 1 N–H and O–H groups in total. The number of aromatic nitrogens is 3. The number of anilines is 1. The van der Waals surface area contributed by atoms with Crippen LogP contribution in [0.3, 0.4) is 0 Å². The van der Waals surface area contributed by atoms with Crippen LogP contribution in [0.25, 0.3) is 11.5 Å². The van der Waals surface area contributed by atoms with Crippen molar-refractivity contribution in [2.45, 2.75) is 19.8 Å². The lowest BCUT2D eigenvalue weighted by Crippen LogP contribution is -2.12. The maximum atomic E-state index is 12.3. The molecular formula is C18H18N4O3. The number of hydrogen-bond acceptors (Lipinski definition) is 6. The fourth-order valence-electron chi connectivity index (χ4n) is 2.12. The summed E-state index contributed by atoms with van der Waals surface area (Å²) in [6.07, 6.45) is 5.27. The Labute approximate surface area is 145 Å². The minimum absolute atomic E-state index is 0.0362. The molecule has 2 heterocycles. The van der Waals surface area contributed by atoms with Crippen molar-refractivity contribution in [1.82, 2.24) is 15.2 Å². The van der Waals surface area contributed by atoms with Crippen LogP contribution >= 0.6 is 0 Å². The fraction of sp³-hybridized carbons (Fsp3) is 0.222. The van der Waals surface area contributed by atoms with E-state index in [9.17, 15) is 4.79 Å². The lowest BCUT2D eigenvalue weighted by Gasteiger charge is -2.07. The Kier molecular flexibility index (Phi) is 5.36. The molecule has 7 nitrogen and oxygen atoms in total. The largest absolute Gasteiger partial charge is 0.494 e. The Hall–Kier alpha value is -3.22. The van der Waals surface area contributed by atoms with E-state index in [-0.39, 0.29) is 11.9 Å². The second-order valence-electron chi connectivity index (χ2n) is 5.33. The van der Waals surface area contributed by atoms with Crippen molar-refractivity contribution < 1.29 is 13.9 Å². The zero-order chi connectivity index (χ0) is 17.5. The zero-order valence-electron chi connectivity index (χ0n) is 13.8. The Morgan fingerprint density at radius 3 is 2.84 bits per heavy atom. The van der Waals surface area contributed by atoms with Gasteiger partial charge in [-0.1, -0.05) is 24.5 Å². The van der Waals surface area contributed by atoms with E-state index in [0.29, 0.717) is 23.8 Å². The number of carbonyl (C=O) groups is 1. The van der Waals surface area contributed by atoms with Crippen molar-refractivity contribution >= 4 is 11.9 Å². The third-order valence-corrected chi connectivity index (χ3v) is 3.44. The Morgan fingerprint density at radius 2 is 2.04 bits per heavy atom. The summed E-state index contributed by atoms with van der Waals surface area (Å²) in [5, 5.41) is 10.4. The van der Waals surface area contributed by atoms with E-state index in [1.54, 1.807) is 42.7 Å². The van der Waals surface area contributed by atoms with Gasteiger partial charge in [0.1, 0.15) is 5.75 Å². The third-order valence-electron chi connectivity index (χ3n) is 3.44. The fourth-order valence-corrected chi connectivity index (χ4v) is 2.12. The highest BCUT2D eigenvalue weighted by molar-refractivity contribution is 6.03. The van der Waals surface area contributed by atoms with Crippen LogP contribution in [-0.2, 0) is 0 Å². The molecule has 7 heteroatoms. The summed E-state index contributed by atoms with van der Waals surface area (Å²) in [5.74, 6) is 0.629. The topological polar surface area (TPSA) is 90.1 Å². The van der Waals surface area contributed by atoms with Crippen molar-refractivity contribution in [1.29, 1.82) is 0 Å². The molecule has 0 spiro atoms. The molecule has 1 aromatic carbocycles. The van der Waals surface area contributed by atoms with Crippen molar-refractivity contribution in [3.8, 4) is 17.2 Å². The van der Waals surface area contributed by atoms with E-state index in [2.05, 4.69) is 27.4 Å². The minimum Gasteiger partial charge on any atom is -0.494 e. The van der Waals surface area contributed by atoms with Gasteiger partial charge in [0.2, 0.25) is 5.89 Å². The maximum Gasteiger partial charge on any atom is 0.322 e. The first-order chi connectivity index (χ1) is 12.3.